The molecule has 0 radical (unpaired) electrons. The van der Waals surface area contributed by atoms with Gasteiger partial charge in [0.05, 0.1) is 11.3 Å². The smallest absolute Gasteiger partial charge is 0.335 e. The van der Waals surface area contributed by atoms with Crippen LogP contribution in [0.15, 0.2) is 66.9 Å². The number of hydrogen-bond donors (Lipinski definition) is 1. The lowest BCUT2D eigenvalue weighted by Gasteiger charge is -2.32. The van der Waals surface area contributed by atoms with Crippen molar-refractivity contribution < 1.29 is 14.6 Å². The lowest BCUT2D eigenvalue weighted by Crippen LogP contribution is -2.33. The number of piperidine rings is 1. The second-order valence-electron chi connectivity index (χ2n) is 8.88. The molecular weight excluding hydrogens is 448 g/mol. The Kier molecular flexibility index (Phi) is 6.66. The van der Waals surface area contributed by atoms with Gasteiger partial charge in [-0.1, -0.05) is 35.9 Å². The molecule has 1 fully saturated rings. The van der Waals surface area contributed by atoms with Gasteiger partial charge in [-0.05, 0) is 85.8 Å². The monoisotopic (exact) mass is 474 g/mol. The Bertz CT molecular complexity index is 1210. The number of aromatic carboxylic acids is 1. The summed E-state index contributed by atoms with van der Waals surface area (Å²) in [5.74, 6) is 0.338. The van der Waals surface area contributed by atoms with Gasteiger partial charge in [0.15, 0.2) is 0 Å². The number of carbonyl (C=O) groups is 1. The summed E-state index contributed by atoms with van der Waals surface area (Å²) in [5.41, 5.74) is 5.31. The van der Waals surface area contributed by atoms with Gasteiger partial charge in [-0.15, -0.1) is 0 Å². The van der Waals surface area contributed by atoms with Crippen molar-refractivity contribution >= 4 is 23.1 Å². The van der Waals surface area contributed by atoms with Crippen LogP contribution in [-0.4, -0.2) is 40.6 Å². The van der Waals surface area contributed by atoms with E-state index in [9.17, 15) is 9.90 Å². The van der Waals surface area contributed by atoms with Crippen LogP contribution in [0, 0.1) is 0 Å². The number of likely N-dealkylation sites (tertiary alicyclic amines) is 1. The zero-order chi connectivity index (χ0) is 23.5. The molecule has 6 heteroatoms. The number of nitrogens with zero attached hydrogens (tertiary/aromatic N) is 2. The normalized spacial score (nSPS) is 17.5. The third-order valence-corrected chi connectivity index (χ3v) is 7.04. The molecule has 1 aromatic heterocycles. The number of halogens is 1. The number of benzene rings is 2. The van der Waals surface area contributed by atoms with Crippen molar-refractivity contribution in [3.8, 4) is 5.75 Å². The summed E-state index contributed by atoms with van der Waals surface area (Å²) in [4.78, 5) is 18.6. The average molecular weight is 475 g/mol. The van der Waals surface area contributed by atoms with Crippen molar-refractivity contribution in [1.29, 1.82) is 0 Å². The maximum atomic E-state index is 11.6. The minimum absolute atomic E-state index is 0.255. The van der Waals surface area contributed by atoms with Gasteiger partial charge >= 0.3 is 5.97 Å². The van der Waals surface area contributed by atoms with Crippen molar-refractivity contribution in [3.63, 3.8) is 0 Å². The minimum atomic E-state index is -0.943. The predicted octanol–water partition coefficient (Wildman–Crippen LogP) is 6.03. The van der Waals surface area contributed by atoms with Crippen LogP contribution in [0.4, 0.5) is 0 Å². The second kappa shape index (κ2) is 10.00. The highest BCUT2D eigenvalue weighted by Gasteiger charge is 2.23. The van der Waals surface area contributed by atoms with Crippen LogP contribution in [0.2, 0.25) is 5.02 Å². The Morgan fingerprint density at radius 2 is 1.91 bits per heavy atom. The summed E-state index contributed by atoms with van der Waals surface area (Å²) < 4.78 is 5.98. The van der Waals surface area contributed by atoms with E-state index in [2.05, 4.69) is 28.1 Å². The second-order valence-corrected chi connectivity index (χ2v) is 9.31. The number of pyridine rings is 1. The number of hydrogen-bond acceptors (Lipinski definition) is 4. The number of ether oxygens (including phenoxy) is 1. The van der Waals surface area contributed by atoms with Crippen LogP contribution in [0.3, 0.4) is 0 Å². The van der Waals surface area contributed by atoms with Gasteiger partial charge in [0, 0.05) is 28.9 Å². The molecule has 0 aliphatic carbocycles. The fourth-order valence-electron chi connectivity index (χ4n) is 4.93. The average Bonchev–Trinajstić information content (AvgIpc) is 3.02. The third-order valence-electron chi connectivity index (χ3n) is 6.78. The summed E-state index contributed by atoms with van der Waals surface area (Å²) in [6, 6.07) is 17.3. The quantitative estimate of drug-likeness (QED) is 0.489. The van der Waals surface area contributed by atoms with Gasteiger partial charge in [-0.2, -0.15) is 0 Å². The SMILES string of the molecule is O=C(O)c1ccc2c(c1)/C(=C/CCN1CCC(c3ccc(Cl)cc3)CC1)c1cccnc1CO2. The van der Waals surface area contributed by atoms with Crippen LogP contribution >= 0.6 is 11.6 Å². The van der Waals surface area contributed by atoms with Crippen molar-refractivity contribution in [2.45, 2.75) is 31.8 Å². The van der Waals surface area contributed by atoms with E-state index >= 15 is 0 Å². The van der Waals surface area contributed by atoms with Gasteiger partial charge in [-0.3, -0.25) is 4.98 Å². The molecule has 3 heterocycles. The van der Waals surface area contributed by atoms with Crippen LogP contribution in [0.25, 0.3) is 5.57 Å². The maximum Gasteiger partial charge on any atom is 0.335 e. The third kappa shape index (κ3) is 4.86. The van der Waals surface area contributed by atoms with Gasteiger partial charge in [-0.25, -0.2) is 4.79 Å². The minimum Gasteiger partial charge on any atom is -0.487 e. The van der Waals surface area contributed by atoms with Crippen LogP contribution < -0.4 is 4.74 Å². The number of carboxylic acids is 1. The van der Waals surface area contributed by atoms with E-state index in [1.807, 2.05) is 24.3 Å². The molecule has 5 nitrogen and oxygen atoms in total. The van der Waals surface area contributed by atoms with Crippen LogP contribution in [-0.2, 0) is 6.61 Å². The first-order valence-corrected chi connectivity index (χ1v) is 12.1. The fourth-order valence-corrected chi connectivity index (χ4v) is 5.05. The molecule has 0 saturated carbocycles. The Labute approximate surface area is 204 Å². The molecule has 1 N–H and O–H groups in total. The molecule has 2 aliphatic rings. The summed E-state index contributed by atoms with van der Waals surface area (Å²) in [6.45, 7) is 3.46. The largest absolute Gasteiger partial charge is 0.487 e. The highest BCUT2D eigenvalue weighted by molar-refractivity contribution is 6.30. The number of carboxylic acid groups (broad SMARTS) is 1. The number of aromatic nitrogens is 1. The topological polar surface area (TPSA) is 62.7 Å². The molecule has 3 aromatic rings. The van der Waals surface area contributed by atoms with E-state index in [0.29, 0.717) is 18.3 Å². The summed E-state index contributed by atoms with van der Waals surface area (Å²) in [5, 5.41) is 10.3. The highest BCUT2D eigenvalue weighted by atomic mass is 35.5. The first kappa shape index (κ1) is 22.6. The first-order chi connectivity index (χ1) is 16.6. The van der Waals surface area contributed by atoms with Gasteiger partial charge in [0.2, 0.25) is 0 Å². The molecule has 2 aliphatic heterocycles. The predicted molar refractivity (Wildman–Crippen MR) is 134 cm³/mol. The molecule has 5 rings (SSSR count). The van der Waals surface area contributed by atoms with Gasteiger partial charge < -0.3 is 14.7 Å². The van der Waals surface area contributed by atoms with E-state index in [-0.39, 0.29) is 5.56 Å². The fraction of sp³-hybridized carbons (Fsp3) is 0.286. The lowest BCUT2D eigenvalue weighted by atomic mass is 9.89. The highest BCUT2D eigenvalue weighted by Crippen LogP contribution is 2.37. The van der Waals surface area contributed by atoms with Crippen molar-refractivity contribution in [1.82, 2.24) is 9.88 Å². The standard InChI is InChI=1S/C28H27ClN2O3/c29-22-8-5-19(6-9-22)20-11-15-31(16-12-20)14-2-4-23-24-3-1-13-30-26(24)18-34-27-10-7-21(28(32)33)17-25(23)27/h1,3-10,13,17,20H,2,11-12,14-16,18H2,(H,32,33)/b23-4+. The molecule has 34 heavy (non-hydrogen) atoms. The maximum absolute atomic E-state index is 11.6. The van der Waals surface area contributed by atoms with E-state index in [4.69, 9.17) is 16.3 Å². The molecule has 0 amide bonds. The zero-order valence-corrected chi connectivity index (χ0v) is 19.7. The van der Waals surface area contributed by atoms with Gasteiger partial charge in [0.25, 0.3) is 0 Å². The Balaban J connectivity index is 1.32. The number of fused-ring (bicyclic) bond motifs is 2. The van der Waals surface area contributed by atoms with Crippen molar-refractivity contribution in [2.75, 3.05) is 19.6 Å². The van der Waals surface area contributed by atoms with E-state index in [0.717, 1.165) is 66.3 Å². The van der Waals surface area contributed by atoms with E-state index < -0.39 is 5.97 Å². The van der Waals surface area contributed by atoms with E-state index in [1.165, 1.54) is 5.56 Å². The Morgan fingerprint density at radius 3 is 2.68 bits per heavy atom. The first-order valence-electron chi connectivity index (χ1n) is 11.7. The zero-order valence-electron chi connectivity index (χ0n) is 18.9. The molecule has 0 bridgehead atoms. The van der Waals surface area contributed by atoms with Crippen molar-refractivity contribution in [3.05, 3.63) is 99.8 Å². The lowest BCUT2D eigenvalue weighted by molar-refractivity contribution is 0.0697. The van der Waals surface area contributed by atoms with Gasteiger partial charge in [0.1, 0.15) is 12.4 Å². The molecule has 0 unspecified atom stereocenters. The van der Waals surface area contributed by atoms with E-state index in [1.54, 1.807) is 24.4 Å². The molecule has 2 aromatic carbocycles. The molecular formula is C28H27ClN2O3. The molecule has 174 valence electrons. The summed E-state index contributed by atoms with van der Waals surface area (Å²) >= 11 is 6.04. The molecule has 0 spiro atoms. The molecule has 1 saturated heterocycles. The number of rotatable bonds is 5. The van der Waals surface area contributed by atoms with Crippen molar-refractivity contribution in [2.24, 2.45) is 0 Å². The van der Waals surface area contributed by atoms with Crippen LogP contribution in [0.5, 0.6) is 5.75 Å². The summed E-state index contributed by atoms with van der Waals surface area (Å²) in [7, 11) is 0. The summed E-state index contributed by atoms with van der Waals surface area (Å²) in [6.07, 6.45) is 7.13. The van der Waals surface area contributed by atoms with Crippen LogP contribution in [0.1, 0.15) is 57.9 Å². The Hall–Kier alpha value is -3.15. The Morgan fingerprint density at radius 1 is 1.12 bits per heavy atom. The molecule has 0 atom stereocenters.